The summed E-state index contributed by atoms with van der Waals surface area (Å²) in [4.78, 5) is 11.3. The predicted octanol–water partition coefficient (Wildman–Crippen LogP) is 1.40. The molecule has 4 nitrogen and oxygen atoms in total. The summed E-state index contributed by atoms with van der Waals surface area (Å²) < 4.78 is 5.78. The van der Waals surface area contributed by atoms with E-state index in [9.17, 15) is 9.90 Å². The molecule has 0 bridgehead atoms. The van der Waals surface area contributed by atoms with E-state index in [-0.39, 0.29) is 6.10 Å². The Labute approximate surface area is 96.4 Å². The van der Waals surface area contributed by atoms with Gasteiger partial charge in [-0.05, 0) is 38.1 Å². The highest BCUT2D eigenvalue weighted by atomic mass is 16.5. The molecule has 4 heteroatoms. The zero-order valence-electron chi connectivity index (χ0n) is 9.87. The van der Waals surface area contributed by atoms with Gasteiger partial charge in [-0.3, -0.25) is 4.79 Å². The predicted molar refractivity (Wildman–Crippen MR) is 60.4 cm³/mol. The Kier molecular flexibility index (Phi) is 3.50. The lowest BCUT2D eigenvalue weighted by molar-refractivity contribution is -0.145. The summed E-state index contributed by atoms with van der Waals surface area (Å²) in [7, 11) is 0. The molecule has 2 fully saturated rings. The van der Waals surface area contributed by atoms with Crippen molar-refractivity contribution in [2.75, 3.05) is 13.2 Å². The van der Waals surface area contributed by atoms with Crippen LogP contribution in [0.1, 0.15) is 39.0 Å². The molecule has 92 valence electrons. The van der Waals surface area contributed by atoms with E-state index in [1.165, 1.54) is 12.8 Å². The van der Waals surface area contributed by atoms with Crippen LogP contribution in [0.4, 0.5) is 0 Å². The number of carboxylic acid groups (broad SMARTS) is 1. The molecular weight excluding hydrogens is 206 g/mol. The summed E-state index contributed by atoms with van der Waals surface area (Å²) in [5.74, 6) is 0.0193. The van der Waals surface area contributed by atoms with Crippen LogP contribution in [-0.2, 0) is 9.53 Å². The number of carbonyl (C=O) groups is 1. The maximum atomic E-state index is 11.3. The van der Waals surface area contributed by atoms with Crippen LogP contribution < -0.4 is 5.32 Å². The van der Waals surface area contributed by atoms with Crippen LogP contribution in [-0.4, -0.2) is 35.9 Å². The Morgan fingerprint density at radius 1 is 1.50 bits per heavy atom. The fraction of sp³-hybridized carbons (Fsp3) is 0.917. The quantitative estimate of drug-likeness (QED) is 0.720. The highest BCUT2D eigenvalue weighted by Crippen LogP contribution is 2.35. The first-order valence-corrected chi connectivity index (χ1v) is 6.26. The molecule has 0 heterocycles. The number of likely N-dealkylation sites (N-methyl/N-ethyl adjacent to an activating group) is 1. The smallest absolute Gasteiger partial charge is 0.323 e. The first-order valence-electron chi connectivity index (χ1n) is 6.26. The molecule has 0 amide bonds. The van der Waals surface area contributed by atoms with E-state index in [1.807, 2.05) is 6.92 Å². The summed E-state index contributed by atoms with van der Waals surface area (Å²) in [6.45, 7) is 3.47. The standard InChI is InChI=1S/C12H21NO3/c1-2-13-12(11(14)15)6-5-10(7-12)16-8-9-3-4-9/h9-10,13H,2-8H2,1H3,(H,14,15). The second-order valence-corrected chi connectivity index (χ2v) is 5.06. The zero-order chi connectivity index (χ0) is 11.6. The van der Waals surface area contributed by atoms with Gasteiger partial charge >= 0.3 is 5.97 Å². The second-order valence-electron chi connectivity index (χ2n) is 5.06. The van der Waals surface area contributed by atoms with Gasteiger partial charge in [0.1, 0.15) is 5.54 Å². The third kappa shape index (κ3) is 2.55. The molecule has 0 aromatic carbocycles. The normalized spacial score (nSPS) is 34.2. The number of hydrogen-bond acceptors (Lipinski definition) is 3. The van der Waals surface area contributed by atoms with E-state index < -0.39 is 11.5 Å². The molecule has 2 rings (SSSR count). The van der Waals surface area contributed by atoms with Crippen molar-refractivity contribution in [2.24, 2.45) is 5.92 Å². The van der Waals surface area contributed by atoms with Crippen molar-refractivity contribution in [3.8, 4) is 0 Å². The first kappa shape index (κ1) is 11.9. The van der Waals surface area contributed by atoms with E-state index in [0.29, 0.717) is 19.4 Å². The van der Waals surface area contributed by atoms with E-state index in [4.69, 9.17) is 4.74 Å². The highest BCUT2D eigenvalue weighted by molar-refractivity contribution is 5.79. The van der Waals surface area contributed by atoms with Gasteiger partial charge in [-0.25, -0.2) is 0 Å². The molecule has 2 saturated carbocycles. The largest absolute Gasteiger partial charge is 0.480 e. The molecule has 0 aliphatic heterocycles. The first-order chi connectivity index (χ1) is 7.66. The minimum absolute atomic E-state index is 0.135. The number of nitrogens with one attached hydrogen (secondary N) is 1. The van der Waals surface area contributed by atoms with Crippen LogP contribution in [0.15, 0.2) is 0 Å². The van der Waals surface area contributed by atoms with Crippen LogP contribution in [0.25, 0.3) is 0 Å². The Balaban J connectivity index is 1.84. The average molecular weight is 227 g/mol. The van der Waals surface area contributed by atoms with Crippen LogP contribution in [0.3, 0.4) is 0 Å². The second kappa shape index (κ2) is 4.72. The van der Waals surface area contributed by atoms with Crippen molar-refractivity contribution in [1.29, 1.82) is 0 Å². The van der Waals surface area contributed by atoms with Crippen molar-refractivity contribution in [3.05, 3.63) is 0 Å². The highest BCUT2D eigenvalue weighted by Gasteiger charge is 2.45. The summed E-state index contributed by atoms with van der Waals surface area (Å²) >= 11 is 0. The Hall–Kier alpha value is -0.610. The summed E-state index contributed by atoms with van der Waals surface area (Å²) in [5, 5.41) is 12.4. The van der Waals surface area contributed by atoms with Gasteiger partial charge in [0.15, 0.2) is 0 Å². The van der Waals surface area contributed by atoms with E-state index >= 15 is 0 Å². The third-order valence-corrected chi connectivity index (χ3v) is 3.66. The number of ether oxygens (including phenoxy) is 1. The number of carboxylic acids is 1. The van der Waals surface area contributed by atoms with Crippen LogP contribution in [0, 0.1) is 5.92 Å². The zero-order valence-corrected chi connectivity index (χ0v) is 9.87. The van der Waals surface area contributed by atoms with Gasteiger partial charge in [-0.1, -0.05) is 6.92 Å². The Morgan fingerprint density at radius 3 is 2.81 bits per heavy atom. The SMILES string of the molecule is CCNC1(C(=O)O)CCC(OCC2CC2)C1. The van der Waals surface area contributed by atoms with Gasteiger partial charge in [-0.15, -0.1) is 0 Å². The van der Waals surface area contributed by atoms with Crippen molar-refractivity contribution < 1.29 is 14.6 Å². The monoisotopic (exact) mass is 227 g/mol. The molecule has 2 aliphatic carbocycles. The molecule has 0 aromatic rings. The van der Waals surface area contributed by atoms with Gasteiger partial charge in [0.25, 0.3) is 0 Å². The van der Waals surface area contributed by atoms with E-state index in [1.54, 1.807) is 0 Å². The fourth-order valence-corrected chi connectivity index (χ4v) is 2.47. The third-order valence-electron chi connectivity index (χ3n) is 3.66. The number of aliphatic carboxylic acids is 1. The van der Waals surface area contributed by atoms with Crippen molar-refractivity contribution >= 4 is 5.97 Å². The summed E-state index contributed by atoms with van der Waals surface area (Å²) in [5.41, 5.74) is -0.733. The van der Waals surface area contributed by atoms with Crippen molar-refractivity contribution in [3.63, 3.8) is 0 Å². The van der Waals surface area contributed by atoms with E-state index in [0.717, 1.165) is 18.9 Å². The maximum absolute atomic E-state index is 11.3. The minimum Gasteiger partial charge on any atom is -0.480 e. The van der Waals surface area contributed by atoms with Gasteiger partial charge in [0.2, 0.25) is 0 Å². The molecule has 2 atom stereocenters. The van der Waals surface area contributed by atoms with Gasteiger partial charge in [-0.2, -0.15) is 0 Å². The number of hydrogen-bond donors (Lipinski definition) is 2. The summed E-state index contributed by atoms with van der Waals surface area (Å²) in [6, 6.07) is 0. The molecular formula is C12H21NO3. The number of rotatable bonds is 6. The molecule has 0 saturated heterocycles. The fourth-order valence-electron chi connectivity index (χ4n) is 2.47. The maximum Gasteiger partial charge on any atom is 0.323 e. The van der Waals surface area contributed by atoms with Gasteiger partial charge in [0.05, 0.1) is 6.10 Å². The Bertz CT molecular complexity index is 265. The van der Waals surface area contributed by atoms with Gasteiger partial charge < -0.3 is 15.2 Å². The van der Waals surface area contributed by atoms with Crippen molar-refractivity contribution in [1.82, 2.24) is 5.32 Å². The lowest BCUT2D eigenvalue weighted by Gasteiger charge is -2.25. The van der Waals surface area contributed by atoms with Gasteiger partial charge in [0, 0.05) is 13.0 Å². The molecule has 0 radical (unpaired) electrons. The summed E-state index contributed by atoms with van der Waals surface area (Å²) in [6.07, 6.45) is 4.87. The molecule has 16 heavy (non-hydrogen) atoms. The molecule has 2 aliphatic rings. The Morgan fingerprint density at radius 2 is 2.25 bits per heavy atom. The lowest BCUT2D eigenvalue weighted by atomic mass is 9.98. The minimum atomic E-state index is -0.733. The molecule has 2 N–H and O–H groups in total. The van der Waals surface area contributed by atoms with Crippen LogP contribution >= 0.6 is 0 Å². The topological polar surface area (TPSA) is 58.6 Å². The molecule has 2 unspecified atom stereocenters. The van der Waals surface area contributed by atoms with Crippen LogP contribution in [0.2, 0.25) is 0 Å². The average Bonchev–Trinajstić information content (AvgIpc) is 2.98. The van der Waals surface area contributed by atoms with E-state index in [2.05, 4.69) is 5.32 Å². The van der Waals surface area contributed by atoms with Crippen LogP contribution in [0.5, 0.6) is 0 Å². The lowest BCUT2D eigenvalue weighted by Crippen LogP contribution is -2.50. The molecule has 0 aromatic heterocycles. The van der Waals surface area contributed by atoms with Crippen molar-refractivity contribution in [2.45, 2.75) is 50.7 Å². The molecule has 0 spiro atoms.